The number of ether oxygens (including phenoxy) is 1. The highest BCUT2D eigenvalue weighted by Gasteiger charge is 2.13. The molecule has 1 aliphatic rings. The molecule has 1 rings (SSSR count). The minimum absolute atomic E-state index is 0.356. The number of nitrogens with one attached hydrogen (secondary N) is 1. The van der Waals surface area contributed by atoms with Crippen molar-refractivity contribution in [3.63, 3.8) is 0 Å². The maximum Gasteiger partial charge on any atom is 0.0671 e. The van der Waals surface area contributed by atoms with Crippen LogP contribution in [0.4, 0.5) is 0 Å². The molecule has 0 aliphatic heterocycles. The zero-order valence-electron chi connectivity index (χ0n) is 10.6. The minimum atomic E-state index is 0.356. The van der Waals surface area contributed by atoms with E-state index >= 15 is 0 Å². The van der Waals surface area contributed by atoms with Gasteiger partial charge in [-0.25, -0.2) is 0 Å². The maximum atomic E-state index is 5.73. The molecule has 1 fully saturated rings. The van der Waals surface area contributed by atoms with Gasteiger partial charge in [-0.2, -0.15) is 0 Å². The lowest BCUT2D eigenvalue weighted by molar-refractivity contribution is 0.0452. The van der Waals surface area contributed by atoms with Gasteiger partial charge in [-0.05, 0) is 25.7 Å². The zero-order chi connectivity index (χ0) is 11.1. The molecule has 0 aromatic heterocycles. The van der Waals surface area contributed by atoms with Crippen molar-refractivity contribution < 1.29 is 4.74 Å². The number of rotatable bonds is 6. The van der Waals surface area contributed by atoms with Gasteiger partial charge in [0.2, 0.25) is 0 Å². The smallest absolute Gasteiger partial charge is 0.0671 e. The molecule has 2 nitrogen and oxygen atoms in total. The molecule has 15 heavy (non-hydrogen) atoms. The third kappa shape index (κ3) is 6.16. The van der Waals surface area contributed by atoms with E-state index in [-0.39, 0.29) is 0 Å². The van der Waals surface area contributed by atoms with E-state index in [4.69, 9.17) is 4.74 Å². The van der Waals surface area contributed by atoms with Gasteiger partial charge in [-0.3, -0.25) is 0 Å². The molecule has 0 bridgehead atoms. The van der Waals surface area contributed by atoms with Crippen LogP contribution in [0.2, 0.25) is 0 Å². The second-order valence-corrected chi connectivity index (χ2v) is 5.28. The minimum Gasteiger partial charge on any atom is -0.377 e. The highest BCUT2D eigenvalue weighted by molar-refractivity contribution is 4.72. The first kappa shape index (κ1) is 13.0. The van der Waals surface area contributed by atoms with Crippen LogP contribution in [0.15, 0.2) is 0 Å². The number of hydrogen-bond donors (Lipinski definition) is 1. The van der Waals surface area contributed by atoms with E-state index in [1.807, 2.05) is 0 Å². The van der Waals surface area contributed by atoms with Crippen molar-refractivity contribution >= 4 is 0 Å². The molecule has 1 atom stereocenters. The van der Waals surface area contributed by atoms with Crippen LogP contribution in [-0.4, -0.2) is 25.3 Å². The van der Waals surface area contributed by atoms with Crippen molar-refractivity contribution in [2.24, 2.45) is 5.92 Å². The van der Waals surface area contributed by atoms with Crippen molar-refractivity contribution in [2.75, 3.05) is 13.2 Å². The molecule has 1 aliphatic carbocycles. The Morgan fingerprint density at radius 3 is 2.40 bits per heavy atom. The van der Waals surface area contributed by atoms with Crippen molar-refractivity contribution in [2.45, 2.75) is 65.0 Å². The summed E-state index contributed by atoms with van der Waals surface area (Å²) in [6, 6.07) is 0.754. The van der Waals surface area contributed by atoms with Gasteiger partial charge in [0, 0.05) is 19.2 Å². The Labute approximate surface area is 94.8 Å². The summed E-state index contributed by atoms with van der Waals surface area (Å²) in [5.41, 5.74) is 0. The van der Waals surface area contributed by atoms with Gasteiger partial charge in [0.25, 0.3) is 0 Å². The second kappa shape index (κ2) is 7.24. The molecule has 2 heteroatoms. The van der Waals surface area contributed by atoms with Crippen LogP contribution in [0.5, 0.6) is 0 Å². The highest BCUT2D eigenvalue weighted by Crippen LogP contribution is 2.17. The molecule has 1 saturated carbocycles. The van der Waals surface area contributed by atoms with E-state index in [0.717, 1.165) is 19.2 Å². The molecule has 0 saturated heterocycles. The normalized spacial score (nSPS) is 20.8. The van der Waals surface area contributed by atoms with Crippen molar-refractivity contribution in [1.29, 1.82) is 0 Å². The summed E-state index contributed by atoms with van der Waals surface area (Å²) in [5, 5.41) is 3.62. The van der Waals surface area contributed by atoms with Crippen LogP contribution < -0.4 is 5.32 Å². The van der Waals surface area contributed by atoms with Crippen LogP contribution in [0.3, 0.4) is 0 Å². The Hall–Kier alpha value is -0.0800. The largest absolute Gasteiger partial charge is 0.377 e. The first-order valence-electron chi connectivity index (χ1n) is 6.53. The Balaban J connectivity index is 2.02. The van der Waals surface area contributed by atoms with Gasteiger partial charge < -0.3 is 10.1 Å². The molecule has 0 amide bonds. The predicted octanol–water partition coefficient (Wildman–Crippen LogP) is 2.97. The first-order valence-corrected chi connectivity index (χ1v) is 6.53. The Morgan fingerprint density at radius 2 is 1.80 bits per heavy atom. The van der Waals surface area contributed by atoms with E-state index in [2.05, 4.69) is 26.1 Å². The van der Waals surface area contributed by atoms with E-state index in [0.29, 0.717) is 12.0 Å². The van der Waals surface area contributed by atoms with Gasteiger partial charge in [-0.1, -0.05) is 33.1 Å². The van der Waals surface area contributed by atoms with Crippen LogP contribution in [0, 0.1) is 5.92 Å². The summed E-state index contributed by atoms with van der Waals surface area (Å²) in [6.45, 7) is 8.45. The molecular weight excluding hydrogens is 186 g/mol. The predicted molar refractivity (Wildman–Crippen MR) is 65.1 cm³/mol. The van der Waals surface area contributed by atoms with Crippen LogP contribution >= 0.6 is 0 Å². The summed E-state index contributed by atoms with van der Waals surface area (Å²) in [4.78, 5) is 0. The number of hydrogen-bond acceptors (Lipinski definition) is 2. The standard InChI is InChI=1S/C13H27NO/c1-11(2)10-15-12(3)9-14-13-7-5-4-6-8-13/h11-14H,4-10H2,1-3H3. The first-order chi connectivity index (χ1) is 7.18. The van der Waals surface area contributed by atoms with E-state index in [1.165, 1.54) is 32.1 Å². The van der Waals surface area contributed by atoms with Gasteiger partial charge >= 0.3 is 0 Å². The van der Waals surface area contributed by atoms with Gasteiger partial charge in [0.05, 0.1) is 6.10 Å². The molecule has 1 N–H and O–H groups in total. The Morgan fingerprint density at radius 1 is 1.13 bits per heavy atom. The fourth-order valence-corrected chi connectivity index (χ4v) is 2.05. The van der Waals surface area contributed by atoms with E-state index in [1.54, 1.807) is 0 Å². The van der Waals surface area contributed by atoms with Crippen molar-refractivity contribution in [3.8, 4) is 0 Å². The average Bonchev–Trinajstić information content (AvgIpc) is 2.25. The fraction of sp³-hybridized carbons (Fsp3) is 1.00. The fourth-order valence-electron chi connectivity index (χ4n) is 2.05. The van der Waals surface area contributed by atoms with Gasteiger partial charge in [0.1, 0.15) is 0 Å². The summed E-state index contributed by atoms with van der Waals surface area (Å²) in [7, 11) is 0. The highest BCUT2D eigenvalue weighted by atomic mass is 16.5. The zero-order valence-corrected chi connectivity index (χ0v) is 10.6. The quantitative estimate of drug-likeness (QED) is 0.732. The Bertz CT molecular complexity index is 153. The summed E-state index contributed by atoms with van der Waals surface area (Å²) in [6.07, 6.45) is 7.30. The van der Waals surface area contributed by atoms with Crippen LogP contribution in [0.25, 0.3) is 0 Å². The van der Waals surface area contributed by atoms with E-state index in [9.17, 15) is 0 Å². The lowest BCUT2D eigenvalue weighted by Gasteiger charge is -2.25. The van der Waals surface area contributed by atoms with E-state index < -0.39 is 0 Å². The molecule has 1 unspecified atom stereocenters. The average molecular weight is 213 g/mol. The maximum absolute atomic E-state index is 5.73. The molecule has 0 spiro atoms. The van der Waals surface area contributed by atoms with Crippen molar-refractivity contribution in [3.05, 3.63) is 0 Å². The molecule has 0 heterocycles. The molecular formula is C13H27NO. The van der Waals surface area contributed by atoms with Crippen molar-refractivity contribution in [1.82, 2.24) is 5.32 Å². The van der Waals surface area contributed by atoms with Crippen LogP contribution in [0.1, 0.15) is 52.9 Å². The molecule has 0 radical (unpaired) electrons. The molecule has 0 aromatic carbocycles. The molecule has 0 aromatic rings. The SMILES string of the molecule is CC(C)COC(C)CNC1CCCCC1. The third-order valence-corrected chi connectivity index (χ3v) is 3.01. The molecule has 90 valence electrons. The van der Waals surface area contributed by atoms with Gasteiger partial charge in [0.15, 0.2) is 0 Å². The topological polar surface area (TPSA) is 21.3 Å². The van der Waals surface area contributed by atoms with Crippen LogP contribution in [-0.2, 0) is 4.74 Å². The second-order valence-electron chi connectivity index (χ2n) is 5.28. The summed E-state index contributed by atoms with van der Waals surface area (Å²) < 4.78 is 5.73. The van der Waals surface area contributed by atoms with Gasteiger partial charge in [-0.15, -0.1) is 0 Å². The lowest BCUT2D eigenvalue weighted by Crippen LogP contribution is -2.37. The summed E-state index contributed by atoms with van der Waals surface area (Å²) in [5.74, 6) is 0.641. The lowest BCUT2D eigenvalue weighted by atomic mass is 9.95. The monoisotopic (exact) mass is 213 g/mol. The third-order valence-electron chi connectivity index (χ3n) is 3.01. The Kier molecular flexibility index (Phi) is 6.26. The summed E-state index contributed by atoms with van der Waals surface area (Å²) >= 11 is 0.